The maximum absolute atomic E-state index is 12.3. The number of para-hydroxylation sites is 1. The van der Waals surface area contributed by atoms with Crippen LogP contribution in [0.15, 0.2) is 42.5 Å². The van der Waals surface area contributed by atoms with E-state index >= 15 is 0 Å². The number of benzene rings is 2. The van der Waals surface area contributed by atoms with Crippen LogP contribution >= 0.6 is 0 Å². The molecule has 20 heavy (non-hydrogen) atoms. The molecule has 0 bridgehead atoms. The lowest BCUT2D eigenvalue weighted by atomic mass is 10.1. The second-order valence-corrected chi connectivity index (χ2v) is 4.95. The Kier molecular flexibility index (Phi) is 2.99. The first-order valence-electron chi connectivity index (χ1n) is 6.46. The second-order valence-electron chi connectivity index (χ2n) is 4.95. The van der Waals surface area contributed by atoms with E-state index in [1.54, 1.807) is 0 Å². The monoisotopic (exact) mass is 265 g/mol. The normalized spacial score (nSPS) is 10.7. The van der Waals surface area contributed by atoms with Crippen LogP contribution in [0.25, 0.3) is 10.9 Å². The smallest absolute Gasteiger partial charge is 0.276 e. The third-order valence-corrected chi connectivity index (χ3v) is 3.16. The molecule has 0 saturated heterocycles. The Labute approximate surface area is 116 Å². The minimum absolute atomic E-state index is 0.201. The second kappa shape index (κ2) is 4.81. The molecular formula is C16H15N3O. The maximum atomic E-state index is 12.3. The number of fused-ring (bicyclic) bond motifs is 1. The van der Waals surface area contributed by atoms with Gasteiger partial charge in [0.25, 0.3) is 5.91 Å². The van der Waals surface area contributed by atoms with Gasteiger partial charge < -0.3 is 5.32 Å². The lowest BCUT2D eigenvalue weighted by Gasteiger charge is -2.06. The molecule has 1 amide bonds. The number of nitrogens with zero attached hydrogens (tertiary/aromatic N) is 1. The fourth-order valence-corrected chi connectivity index (χ4v) is 2.37. The highest BCUT2D eigenvalue weighted by Gasteiger charge is 2.13. The largest absolute Gasteiger partial charge is 0.321 e. The van der Waals surface area contributed by atoms with Gasteiger partial charge in [0.15, 0.2) is 5.69 Å². The summed E-state index contributed by atoms with van der Waals surface area (Å²) in [5, 5.41) is 10.7. The summed E-state index contributed by atoms with van der Waals surface area (Å²) in [4.78, 5) is 12.3. The summed E-state index contributed by atoms with van der Waals surface area (Å²) in [6.07, 6.45) is 0. The van der Waals surface area contributed by atoms with E-state index in [-0.39, 0.29) is 5.91 Å². The summed E-state index contributed by atoms with van der Waals surface area (Å²) in [5.41, 5.74) is 4.30. The predicted molar refractivity (Wildman–Crippen MR) is 80.0 cm³/mol. The third-order valence-electron chi connectivity index (χ3n) is 3.16. The topological polar surface area (TPSA) is 57.8 Å². The molecule has 100 valence electrons. The first-order chi connectivity index (χ1) is 9.63. The van der Waals surface area contributed by atoms with Gasteiger partial charge in [-0.2, -0.15) is 5.10 Å². The van der Waals surface area contributed by atoms with Gasteiger partial charge in [0, 0.05) is 11.1 Å². The van der Waals surface area contributed by atoms with Crippen LogP contribution in [0, 0.1) is 13.8 Å². The van der Waals surface area contributed by atoms with Gasteiger partial charge in [0.2, 0.25) is 0 Å². The number of carbonyl (C=O) groups is 1. The van der Waals surface area contributed by atoms with Crippen molar-refractivity contribution in [3.63, 3.8) is 0 Å². The molecule has 3 aromatic rings. The first kappa shape index (κ1) is 12.4. The van der Waals surface area contributed by atoms with Crippen LogP contribution in [0.4, 0.5) is 5.69 Å². The van der Waals surface area contributed by atoms with Gasteiger partial charge in [0.05, 0.1) is 5.52 Å². The van der Waals surface area contributed by atoms with Crippen molar-refractivity contribution in [1.29, 1.82) is 0 Å². The molecule has 0 aliphatic rings. The fraction of sp³-hybridized carbons (Fsp3) is 0.125. The highest BCUT2D eigenvalue weighted by molar-refractivity contribution is 6.11. The molecule has 2 N–H and O–H groups in total. The van der Waals surface area contributed by atoms with Crippen LogP contribution in [0.1, 0.15) is 21.6 Å². The van der Waals surface area contributed by atoms with Crippen LogP contribution in [0.3, 0.4) is 0 Å². The molecule has 0 saturated carbocycles. The highest BCUT2D eigenvalue weighted by Crippen LogP contribution is 2.18. The molecule has 0 spiro atoms. The van der Waals surface area contributed by atoms with Crippen molar-refractivity contribution in [2.24, 2.45) is 0 Å². The highest BCUT2D eigenvalue weighted by atomic mass is 16.1. The number of rotatable bonds is 2. The van der Waals surface area contributed by atoms with E-state index in [4.69, 9.17) is 0 Å². The molecule has 2 aromatic carbocycles. The van der Waals surface area contributed by atoms with Gasteiger partial charge in [-0.15, -0.1) is 0 Å². The standard InChI is InChI=1S/C16H15N3O/c1-10-7-11(2)9-12(8-10)17-16(20)15-13-5-3-4-6-14(13)18-19-15/h3-9H,1-2H3,(H,17,20)(H,18,19). The van der Waals surface area contributed by atoms with Crippen LogP contribution in [-0.2, 0) is 0 Å². The number of anilines is 1. The summed E-state index contributed by atoms with van der Waals surface area (Å²) in [6.45, 7) is 4.01. The van der Waals surface area contributed by atoms with E-state index in [1.165, 1.54) is 0 Å². The van der Waals surface area contributed by atoms with Crippen molar-refractivity contribution in [2.45, 2.75) is 13.8 Å². The number of aryl methyl sites for hydroxylation is 2. The van der Waals surface area contributed by atoms with Gasteiger partial charge in [0.1, 0.15) is 0 Å². The zero-order chi connectivity index (χ0) is 14.1. The lowest BCUT2D eigenvalue weighted by Crippen LogP contribution is -2.13. The van der Waals surface area contributed by atoms with Crippen molar-refractivity contribution < 1.29 is 4.79 Å². The lowest BCUT2D eigenvalue weighted by molar-refractivity contribution is 0.102. The van der Waals surface area contributed by atoms with Crippen molar-refractivity contribution >= 4 is 22.5 Å². The molecule has 0 aliphatic carbocycles. The zero-order valence-electron chi connectivity index (χ0n) is 11.4. The Morgan fingerprint density at radius 3 is 2.55 bits per heavy atom. The summed E-state index contributed by atoms with van der Waals surface area (Å²) < 4.78 is 0. The van der Waals surface area contributed by atoms with E-state index in [1.807, 2.05) is 50.2 Å². The Hall–Kier alpha value is -2.62. The van der Waals surface area contributed by atoms with Gasteiger partial charge >= 0.3 is 0 Å². The zero-order valence-corrected chi connectivity index (χ0v) is 11.4. The molecule has 1 heterocycles. The number of carbonyl (C=O) groups excluding carboxylic acids is 1. The Bertz CT molecular complexity index is 769. The minimum atomic E-state index is -0.201. The number of H-pyrrole nitrogens is 1. The first-order valence-corrected chi connectivity index (χ1v) is 6.46. The predicted octanol–water partition coefficient (Wildman–Crippen LogP) is 3.43. The average molecular weight is 265 g/mol. The number of amides is 1. The van der Waals surface area contributed by atoms with Gasteiger partial charge in [-0.3, -0.25) is 9.89 Å². The number of nitrogens with one attached hydrogen (secondary N) is 2. The van der Waals surface area contributed by atoms with Gasteiger partial charge in [-0.25, -0.2) is 0 Å². The van der Waals surface area contributed by atoms with Crippen molar-refractivity contribution in [3.05, 3.63) is 59.3 Å². The number of hydrogen-bond acceptors (Lipinski definition) is 2. The van der Waals surface area contributed by atoms with Gasteiger partial charge in [-0.1, -0.05) is 24.3 Å². The van der Waals surface area contributed by atoms with Crippen molar-refractivity contribution in [3.8, 4) is 0 Å². The summed E-state index contributed by atoms with van der Waals surface area (Å²) in [5.74, 6) is -0.201. The average Bonchev–Trinajstić information content (AvgIpc) is 2.81. The Balaban J connectivity index is 1.93. The quantitative estimate of drug-likeness (QED) is 0.745. The summed E-state index contributed by atoms with van der Waals surface area (Å²) >= 11 is 0. The molecule has 3 rings (SSSR count). The van der Waals surface area contributed by atoms with E-state index in [2.05, 4.69) is 21.6 Å². The molecule has 0 aliphatic heterocycles. The van der Waals surface area contributed by atoms with Crippen LogP contribution in [0.2, 0.25) is 0 Å². The molecule has 4 heteroatoms. The molecule has 0 unspecified atom stereocenters. The Morgan fingerprint density at radius 1 is 1.10 bits per heavy atom. The maximum Gasteiger partial charge on any atom is 0.276 e. The molecular weight excluding hydrogens is 250 g/mol. The molecule has 0 atom stereocenters. The number of aromatic nitrogens is 2. The molecule has 0 radical (unpaired) electrons. The molecule has 4 nitrogen and oxygen atoms in total. The van der Waals surface area contributed by atoms with Gasteiger partial charge in [-0.05, 0) is 43.2 Å². The van der Waals surface area contributed by atoms with E-state index in [0.717, 1.165) is 27.7 Å². The fourth-order valence-electron chi connectivity index (χ4n) is 2.37. The minimum Gasteiger partial charge on any atom is -0.321 e. The summed E-state index contributed by atoms with van der Waals surface area (Å²) in [7, 11) is 0. The Morgan fingerprint density at radius 2 is 1.80 bits per heavy atom. The van der Waals surface area contributed by atoms with Crippen LogP contribution in [0.5, 0.6) is 0 Å². The van der Waals surface area contributed by atoms with E-state index < -0.39 is 0 Å². The number of hydrogen-bond donors (Lipinski definition) is 2. The molecule has 0 fully saturated rings. The SMILES string of the molecule is Cc1cc(C)cc(NC(=O)c2n[nH]c3ccccc23)c1. The van der Waals surface area contributed by atoms with Crippen molar-refractivity contribution in [2.75, 3.05) is 5.32 Å². The van der Waals surface area contributed by atoms with Crippen LogP contribution in [-0.4, -0.2) is 16.1 Å². The number of aromatic amines is 1. The van der Waals surface area contributed by atoms with E-state index in [0.29, 0.717) is 5.69 Å². The van der Waals surface area contributed by atoms with Crippen LogP contribution < -0.4 is 5.32 Å². The van der Waals surface area contributed by atoms with Crippen molar-refractivity contribution in [1.82, 2.24) is 10.2 Å². The molecule has 1 aromatic heterocycles. The summed E-state index contributed by atoms with van der Waals surface area (Å²) in [6, 6.07) is 13.5. The van der Waals surface area contributed by atoms with E-state index in [9.17, 15) is 4.79 Å². The third kappa shape index (κ3) is 2.28.